The Morgan fingerprint density at radius 1 is 0.630 bits per heavy atom. The fraction of sp³-hybridized carbons (Fsp3) is 0.365. The van der Waals surface area contributed by atoms with Gasteiger partial charge in [-0.25, -0.2) is 9.97 Å². The minimum absolute atomic E-state index is 0.0502. The van der Waals surface area contributed by atoms with Crippen LogP contribution in [0.4, 0.5) is 57.7 Å². The van der Waals surface area contributed by atoms with Gasteiger partial charge in [0.15, 0.2) is 11.6 Å². The molecule has 3 fully saturated rings. The summed E-state index contributed by atoms with van der Waals surface area (Å²) in [5.74, 6) is 1.94. The Hall–Kier alpha value is -6.09. The van der Waals surface area contributed by atoms with E-state index in [1.54, 1.807) is 48.0 Å². The first-order valence-electron chi connectivity index (χ1n) is 24.2. The van der Waals surface area contributed by atoms with Crippen LogP contribution in [-0.4, -0.2) is 124 Å². The SMILES string of the molecule is COc1cc(N2CCN(C(=O)C3CC3c3nc(Nc4ccc(N5CCC(OC)CC5)cc4OC)nc(Nc4ccccc4P(C)(C)=O)c3Cl)CC2)ccc1Nc1ncc(Cl)c(Nc2ccccc2P(C)(C)=O)n1. The van der Waals surface area contributed by atoms with E-state index >= 15 is 0 Å². The van der Waals surface area contributed by atoms with Gasteiger partial charge in [-0.15, -0.1) is 0 Å². The van der Waals surface area contributed by atoms with Crippen LogP contribution in [0.3, 0.4) is 0 Å². The third-order valence-electron chi connectivity index (χ3n) is 13.5. The molecule has 1 aliphatic carbocycles. The molecule has 4 heterocycles. The summed E-state index contributed by atoms with van der Waals surface area (Å²) in [7, 11) is -0.290. The zero-order valence-electron chi connectivity index (χ0n) is 42.0. The Kier molecular flexibility index (Phi) is 15.5. The van der Waals surface area contributed by atoms with E-state index in [4.69, 9.17) is 47.4 Å². The van der Waals surface area contributed by atoms with Gasteiger partial charge < -0.3 is 59.3 Å². The van der Waals surface area contributed by atoms with Gasteiger partial charge in [-0.2, -0.15) is 9.97 Å². The van der Waals surface area contributed by atoms with Crippen LogP contribution in [0.25, 0.3) is 0 Å². The number of para-hydroxylation sites is 2. The minimum atomic E-state index is -2.70. The number of benzene rings is 4. The molecule has 9 rings (SSSR count). The Labute approximate surface area is 436 Å². The molecule has 4 aromatic carbocycles. The second kappa shape index (κ2) is 21.8. The van der Waals surface area contributed by atoms with E-state index in [0.717, 1.165) is 37.3 Å². The maximum atomic E-state index is 14.3. The van der Waals surface area contributed by atoms with E-state index in [0.29, 0.717) is 105 Å². The van der Waals surface area contributed by atoms with Crippen molar-refractivity contribution in [3.63, 3.8) is 0 Å². The van der Waals surface area contributed by atoms with Crippen molar-refractivity contribution in [1.82, 2.24) is 24.8 Å². The van der Waals surface area contributed by atoms with Crippen LogP contribution < -0.4 is 51.1 Å². The van der Waals surface area contributed by atoms with Crippen LogP contribution >= 0.6 is 37.5 Å². The van der Waals surface area contributed by atoms with E-state index in [9.17, 15) is 13.9 Å². The topological polar surface area (TPSA) is 188 Å². The maximum Gasteiger partial charge on any atom is 0.229 e. The molecule has 2 aliphatic heterocycles. The normalized spacial score (nSPS) is 17.2. The minimum Gasteiger partial charge on any atom is -0.494 e. The van der Waals surface area contributed by atoms with Crippen molar-refractivity contribution in [2.45, 2.75) is 31.3 Å². The molecule has 73 heavy (non-hydrogen) atoms. The smallest absolute Gasteiger partial charge is 0.229 e. The molecule has 1 amide bonds. The highest BCUT2D eigenvalue weighted by Gasteiger charge is 2.48. The number of hydrogen-bond acceptors (Lipinski definition) is 16. The number of methoxy groups -OCH3 is 3. The molecule has 2 unspecified atom stereocenters. The van der Waals surface area contributed by atoms with Gasteiger partial charge in [-0.1, -0.05) is 47.5 Å². The highest BCUT2D eigenvalue weighted by atomic mass is 35.5. The summed E-state index contributed by atoms with van der Waals surface area (Å²) < 4.78 is 43.7. The first-order valence-corrected chi connectivity index (χ1v) is 30.1. The average Bonchev–Trinajstić information content (AvgIpc) is 4.19. The monoisotopic (exact) mass is 1070 g/mol. The number of hydrogen-bond donors (Lipinski definition) is 4. The first kappa shape index (κ1) is 51.8. The number of piperidine rings is 1. The van der Waals surface area contributed by atoms with Crippen molar-refractivity contribution in [3.05, 3.63) is 107 Å². The molecule has 4 N–H and O–H groups in total. The van der Waals surface area contributed by atoms with Crippen molar-refractivity contribution < 1.29 is 28.1 Å². The first-order chi connectivity index (χ1) is 35.0. The second-order valence-electron chi connectivity index (χ2n) is 19.2. The zero-order chi connectivity index (χ0) is 51.6. The number of nitrogens with zero attached hydrogens (tertiary/aromatic N) is 7. The van der Waals surface area contributed by atoms with Crippen LogP contribution in [0, 0.1) is 5.92 Å². The Balaban J connectivity index is 0.886. The van der Waals surface area contributed by atoms with Crippen molar-refractivity contribution in [1.29, 1.82) is 0 Å². The number of rotatable bonds is 17. The van der Waals surface area contributed by atoms with Crippen LogP contribution in [0.2, 0.25) is 10.0 Å². The summed E-state index contributed by atoms with van der Waals surface area (Å²) in [6.45, 7) is 10.9. The number of carbonyl (C=O) groups is 1. The van der Waals surface area contributed by atoms with Gasteiger partial charge in [-0.05, 0) is 94.5 Å². The lowest BCUT2D eigenvalue weighted by Gasteiger charge is -2.36. The molecule has 0 spiro atoms. The molecule has 17 nitrogen and oxygen atoms in total. The third kappa shape index (κ3) is 11.8. The van der Waals surface area contributed by atoms with Crippen LogP contribution in [0.5, 0.6) is 11.5 Å². The average molecular weight is 1070 g/mol. The van der Waals surface area contributed by atoms with Gasteiger partial charge >= 0.3 is 0 Å². The van der Waals surface area contributed by atoms with Crippen LogP contribution in [0.1, 0.15) is 30.9 Å². The van der Waals surface area contributed by atoms with E-state index in [1.807, 2.05) is 83.8 Å². The summed E-state index contributed by atoms with van der Waals surface area (Å²) in [4.78, 5) is 39.6. The van der Waals surface area contributed by atoms with Crippen molar-refractivity contribution in [2.24, 2.45) is 5.92 Å². The zero-order valence-corrected chi connectivity index (χ0v) is 45.3. The molecular formula is C52H61Cl2N11O6P2. The summed E-state index contributed by atoms with van der Waals surface area (Å²) in [5.41, 5.74) is 5.12. The molecule has 21 heteroatoms. The number of amides is 1. The number of carbonyl (C=O) groups excluding carboxylic acids is 1. The molecule has 2 atom stereocenters. The van der Waals surface area contributed by atoms with E-state index in [-0.39, 0.29) is 35.7 Å². The lowest BCUT2D eigenvalue weighted by atomic mass is 10.1. The molecule has 2 saturated heterocycles. The Bertz CT molecular complexity index is 3110. The molecule has 0 radical (unpaired) electrons. The van der Waals surface area contributed by atoms with Gasteiger partial charge in [-0.3, -0.25) is 4.79 Å². The van der Waals surface area contributed by atoms with Gasteiger partial charge in [0.05, 0.1) is 55.0 Å². The number of aromatic nitrogens is 4. The highest BCUT2D eigenvalue weighted by Crippen LogP contribution is 2.52. The molecular weight excluding hydrogens is 1010 g/mol. The van der Waals surface area contributed by atoms with Crippen molar-refractivity contribution >= 4 is 112 Å². The molecule has 384 valence electrons. The molecule has 1 saturated carbocycles. The fourth-order valence-corrected chi connectivity index (χ4v) is 12.2. The number of ether oxygens (including phenoxy) is 3. The predicted molar refractivity (Wildman–Crippen MR) is 296 cm³/mol. The lowest BCUT2D eigenvalue weighted by molar-refractivity contribution is -0.133. The summed E-state index contributed by atoms with van der Waals surface area (Å²) >= 11 is 13.7. The van der Waals surface area contributed by atoms with Gasteiger partial charge in [0.25, 0.3) is 0 Å². The third-order valence-corrected chi connectivity index (χ3v) is 17.3. The largest absolute Gasteiger partial charge is 0.494 e. The van der Waals surface area contributed by atoms with Gasteiger partial charge in [0, 0.05) is 92.3 Å². The summed E-state index contributed by atoms with van der Waals surface area (Å²) in [6.07, 6.45) is 4.24. The number of halogens is 2. The number of piperazine rings is 1. The van der Waals surface area contributed by atoms with Gasteiger partial charge in [0.2, 0.25) is 17.8 Å². The molecule has 2 aromatic heterocycles. The number of nitrogens with one attached hydrogen (secondary N) is 4. The molecule has 3 aliphatic rings. The molecule has 6 aromatic rings. The maximum absolute atomic E-state index is 14.3. The highest BCUT2D eigenvalue weighted by molar-refractivity contribution is 7.70. The summed E-state index contributed by atoms with van der Waals surface area (Å²) in [5, 5.41) is 15.2. The molecule has 0 bridgehead atoms. The van der Waals surface area contributed by atoms with E-state index in [1.165, 1.54) is 6.20 Å². The lowest BCUT2D eigenvalue weighted by Crippen LogP contribution is -2.49. The van der Waals surface area contributed by atoms with Gasteiger partial charge in [0.1, 0.15) is 35.8 Å². The quantitative estimate of drug-likeness (QED) is 0.0631. The van der Waals surface area contributed by atoms with E-state index in [2.05, 4.69) is 47.1 Å². The van der Waals surface area contributed by atoms with E-state index < -0.39 is 14.3 Å². The Morgan fingerprint density at radius 2 is 1.15 bits per heavy atom. The van der Waals surface area contributed by atoms with Crippen LogP contribution in [-0.2, 0) is 18.7 Å². The number of anilines is 10. The van der Waals surface area contributed by atoms with Crippen molar-refractivity contribution in [3.8, 4) is 11.5 Å². The Morgan fingerprint density at radius 3 is 1.70 bits per heavy atom. The second-order valence-corrected chi connectivity index (χ2v) is 26.3. The van der Waals surface area contributed by atoms with Crippen LogP contribution in [0.15, 0.2) is 91.1 Å². The van der Waals surface area contributed by atoms with Crippen molar-refractivity contribution in [2.75, 3.05) is 118 Å². The summed E-state index contributed by atoms with van der Waals surface area (Å²) in [6, 6.07) is 26.7. The fourth-order valence-electron chi connectivity index (χ4n) is 9.46. The predicted octanol–water partition coefficient (Wildman–Crippen LogP) is 10.1. The standard InChI is InChI=1S/C52H61Cl2N11O6P2/c1-69-34-20-22-63(23-21-34)32-16-19-39(43(28-32)71-3)59-52-60-47(46(54)49(62-52)57-41-13-9-11-15-45(41)73(6,7)68)35-30-36(35)50(66)65-26-24-64(25-27-65)33-17-18-38(42(29-33)70-2)58-51-55-31-37(53)48(61-51)56-40-12-8-10-14-44(40)72(4,5)67/h8-19,28-29,31,34-36H,20-27,30H2,1-7H3,(H2,55,56,58,61)(H2,57,59,60,62).